The molecule has 0 radical (unpaired) electrons. The van der Waals surface area contributed by atoms with Crippen molar-refractivity contribution in [3.63, 3.8) is 0 Å². The number of rotatable bonds is 7. The summed E-state index contributed by atoms with van der Waals surface area (Å²) >= 11 is 0. The first kappa shape index (κ1) is 29.2. The molecule has 0 aliphatic heterocycles. The van der Waals surface area contributed by atoms with Crippen molar-refractivity contribution in [2.75, 3.05) is 14.2 Å². The van der Waals surface area contributed by atoms with Gasteiger partial charge >= 0.3 is 0 Å². The predicted molar refractivity (Wildman–Crippen MR) is 192 cm³/mol. The smallest absolute Gasteiger partial charge is 0.227 e. The molecule has 0 N–H and O–H groups in total. The summed E-state index contributed by atoms with van der Waals surface area (Å²) in [6, 6.07) is 45.3. The van der Waals surface area contributed by atoms with E-state index in [1.54, 1.807) is 20.3 Å². The van der Waals surface area contributed by atoms with Gasteiger partial charge in [-0.3, -0.25) is 0 Å². The number of ether oxygens (including phenoxy) is 2. The van der Waals surface area contributed by atoms with Gasteiger partial charge in [0.05, 0.1) is 25.6 Å². The van der Waals surface area contributed by atoms with Crippen molar-refractivity contribution in [2.45, 2.75) is 6.92 Å². The lowest BCUT2D eigenvalue weighted by molar-refractivity contribution is 0.393. The van der Waals surface area contributed by atoms with E-state index >= 15 is 0 Å². The molecule has 8 rings (SSSR count). The number of aromatic nitrogens is 3. The van der Waals surface area contributed by atoms with Gasteiger partial charge in [-0.2, -0.15) is 0 Å². The van der Waals surface area contributed by atoms with Gasteiger partial charge in [-0.05, 0) is 34.9 Å². The standard InChI is InChI=1S/C42H31N3O3/c1-26-23-30(21-22-32(26)42-43-35-24-31(46-2)25-36(47-3)40(35)48-42)37-38(28-14-6-4-7-15-28)44-41(29-16-8-5-9-17-29)45-39(37)34-20-12-18-27-13-10-11-19-33(27)34/h4-25H,1-3H3. The molecule has 0 bridgehead atoms. The second-order valence-corrected chi connectivity index (χ2v) is 11.6. The minimum absolute atomic E-state index is 0.508. The minimum atomic E-state index is 0.508. The van der Waals surface area contributed by atoms with E-state index in [1.165, 1.54) is 0 Å². The third kappa shape index (κ3) is 5.13. The zero-order valence-corrected chi connectivity index (χ0v) is 26.8. The summed E-state index contributed by atoms with van der Waals surface area (Å²) in [6.07, 6.45) is 0. The molecule has 0 fully saturated rings. The van der Waals surface area contributed by atoms with Gasteiger partial charge in [0, 0.05) is 39.9 Å². The van der Waals surface area contributed by atoms with Crippen LogP contribution >= 0.6 is 0 Å². The maximum atomic E-state index is 6.28. The summed E-state index contributed by atoms with van der Waals surface area (Å²) in [7, 11) is 3.23. The van der Waals surface area contributed by atoms with Gasteiger partial charge in [-0.25, -0.2) is 15.0 Å². The molecule has 0 aliphatic rings. The van der Waals surface area contributed by atoms with Gasteiger partial charge in [0.15, 0.2) is 17.2 Å². The maximum Gasteiger partial charge on any atom is 0.227 e. The second kappa shape index (κ2) is 12.2. The van der Waals surface area contributed by atoms with Crippen LogP contribution in [0, 0.1) is 6.92 Å². The molecule has 0 saturated heterocycles. The molecule has 6 heteroatoms. The van der Waals surface area contributed by atoms with Crippen LogP contribution in [0.25, 0.3) is 78.4 Å². The largest absolute Gasteiger partial charge is 0.497 e. The maximum absolute atomic E-state index is 6.28. The van der Waals surface area contributed by atoms with Gasteiger partial charge < -0.3 is 13.9 Å². The monoisotopic (exact) mass is 625 g/mol. The molecule has 232 valence electrons. The Morgan fingerprint density at radius 2 is 1.27 bits per heavy atom. The molecular formula is C42H31N3O3. The Morgan fingerprint density at radius 1 is 0.562 bits per heavy atom. The van der Waals surface area contributed by atoms with E-state index in [0.717, 1.165) is 61.1 Å². The van der Waals surface area contributed by atoms with Gasteiger partial charge in [0.2, 0.25) is 5.89 Å². The highest BCUT2D eigenvalue weighted by Gasteiger charge is 2.23. The third-order valence-corrected chi connectivity index (χ3v) is 8.66. The van der Waals surface area contributed by atoms with E-state index in [1.807, 2.05) is 42.5 Å². The molecule has 0 unspecified atom stereocenters. The number of methoxy groups -OCH3 is 2. The number of aryl methyl sites for hydroxylation is 1. The zero-order chi connectivity index (χ0) is 32.6. The first-order valence-corrected chi connectivity index (χ1v) is 15.8. The highest BCUT2D eigenvalue weighted by Crippen LogP contribution is 2.43. The zero-order valence-electron chi connectivity index (χ0n) is 26.8. The highest BCUT2D eigenvalue weighted by molar-refractivity contribution is 6.02. The van der Waals surface area contributed by atoms with Gasteiger partial charge in [0.25, 0.3) is 0 Å². The lowest BCUT2D eigenvalue weighted by Gasteiger charge is -2.18. The van der Waals surface area contributed by atoms with Crippen LogP contribution in [0.1, 0.15) is 5.56 Å². The fourth-order valence-electron chi connectivity index (χ4n) is 6.30. The lowest BCUT2D eigenvalue weighted by Crippen LogP contribution is -2.01. The Labute approximate surface area is 278 Å². The fourth-order valence-corrected chi connectivity index (χ4v) is 6.30. The number of oxazole rings is 1. The predicted octanol–water partition coefficient (Wildman–Crippen LogP) is 10.4. The molecule has 6 aromatic carbocycles. The van der Waals surface area contributed by atoms with Crippen molar-refractivity contribution >= 4 is 21.9 Å². The second-order valence-electron chi connectivity index (χ2n) is 11.6. The van der Waals surface area contributed by atoms with E-state index < -0.39 is 0 Å². The Balaban J connectivity index is 1.38. The molecule has 0 aliphatic carbocycles. The highest BCUT2D eigenvalue weighted by atomic mass is 16.5. The van der Waals surface area contributed by atoms with Crippen molar-refractivity contribution in [1.29, 1.82) is 0 Å². The van der Waals surface area contributed by atoms with Crippen molar-refractivity contribution < 1.29 is 13.9 Å². The quantitative estimate of drug-likeness (QED) is 0.176. The van der Waals surface area contributed by atoms with Crippen LogP contribution in [0.2, 0.25) is 0 Å². The molecule has 2 heterocycles. The molecule has 0 amide bonds. The first-order valence-electron chi connectivity index (χ1n) is 15.8. The number of benzene rings is 6. The number of hydrogen-bond donors (Lipinski definition) is 0. The van der Waals surface area contributed by atoms with Crippen LogP contribution in [-0.2, 0) is 0 Å². The SMILES string of the molecule is COc1cc(OC)c2oc(-c3ccc(-c4c(-c5ccccc5)nc(-c5ccccc5)nc4-c4cccc5ccccc45)cc3C)nc2c1. The summed E-state index contributed by atoms with van der Waals surface area (Å²) in [6.45, 7) is 2.07. The minimum Gasteiger partial charge on any atom is -0.497 e. The van der Waals surface area contributed by atoms with E-state index in [4.69, 9.17) is 28.8 Å². The molecular weight excluding hydrogens is 594 g/mol. The molecule has 0 saturated carbocycles. The average molecular weight is 626 g/mol. The van der Waals surface area contributed by atoms with Crippen LogP contribution in [0.5, 0.6) is 11.5 Å². The fraction of sp³-hybridized carbons (Fsp3) is 0.0714. The molecule has 8 aromatic rings. The van der Waals surface area contributed by atoms with Crippen LogP contribution in [-0.4, -0.2) is 29.2 Å². The number of hydrogen-bond acceptors (Lipinski definition) is 6. The first-order chi connectivity index (χ1) is 23.6. The van der Waals surface area contributed by atoms with E-state index in [9.17, 15) is 0 Å². The molecule has 48 heavy (non-hydrogen) atoms. The number of nitrogens with zero attached hydrogens (tertiary/aromatic N) is 3. The Bertz CT molecular complexity index is 2430. The Morgan fingerprint density at radius 3 is 2.02 bits per heavy atom. The number of fused-ring (bicyclic) bond motifs is 2. The Hall–Kier alpha value is -6.27. The van der Waals surface area contributed by atoms with Crippen molar-refractivity contribution in [3.8, 4) is 68.0 Å². The summed E-state index contributed by atoms with van der Waals surface area (Å²) in [4.78, 5) is 15.4. The molecule has 6 nitrogen and oxygen atoms in total. The topological polar surface area (TPSA) is 70.3 Å². The molecule has 0 spiro atoms. The van der Waals surface area contributed by atoms with E-state index in [2.05, 4.69) is 91.9 Å². The van der Waals surface area contributed by atoms with Crippen LogP contribution in [0.15, 0.2) is 138 Å². The van der Waals surface area contributed by atoms with Gasteiger partial charge in [-0.1, -0.05) is 115 Å². The van der Waals surface area contributed by atoms with Crippen LogP contribution < -0.4 is 9.47 Å². The van der Waals surface area contributed by atoms with E-state index in [-0.39, 0.29) is 0 Å². The normalized spacial score (nSPS) is 11.2. The molecule has 2 aromatic heterocycles. The van der Waals surface area contributed by atoms with Gasteiger partial charge in [-0.15, -0.1) is 0 Å². The van der Waals surface area contributed by atoms with Crippen LogP contribution in [0.3, 0.4) is 0 Å². The summed E-state index contributed by atoms with van der Waals surface area (Å²) < 4.78 is 17.3. The van der Waals surface area contributed by atoms with Crippen molar-refractivity contribution in [1.82, 2.24) is 15.0 Å². The summed E-state index contributed by atoms with van der Waals surface area (Å²) in [5.74, 6) is 2.40. The summed E-state index contributed by atoms with van der Waals surface area (Å²) in [5, 5.41) is 2.28. The average Bonchev–Trinajstić information content (AvgIpc) is 3.58. The Kier molecular flexibility index (Phi) is 7.38. The third-order valence-electron chi connectivity index (χ3n) is 8.66. The van der Waals surface area contributed by atoms with Crippen LogP contribution in [0.4, 0.5) is 0 Å². The lowest BCUT2D eigenvalue weighted by atomic mass is 9.90. The summed E-state index contributed by atoms with van der Waals surface area (Å²) in [5.41, 5.74) is 9.80. The van der Waals surface area contributed by atoms with Gasteiger partial charge in [0.1, 0.15) is 11.3 Å². The van der Waals surface area contributed by atoms with Crippen molar-refractivity contribution in [2.24, 2.45) is 0 Å². The molecule has 0 atom stereocenters. The van der Waals surface area contributed by atoms with Crippen molar-refractivity contribution in [3.05, 3.63) is 139 Å². The van der Waals surface area contributed by atoms with E-state index in [0.29, 0.717) is 34.3 Å².